The molecule has 0 aliphatic rings. The molecule has 4 nitrogen and oxygen atoms in total. The molecule has 0 radical (unpaired) electrons. The van der Waals surface area contributed by atoms with Gasteiger partial charge in [-0.05, 0) is 37.8 Å². The van der Waals surface area contributed by atoms with Crippen LogP contribution in [0, 0.1) is 5.92 Å². The molecule has 0 amide bonds. The van der Waals surface area contributed by atoms with Crippen LogP contribution in [0.4, 0.5) is 0 Å². The van der Waals surface area contributed by atoms with Gasteiger partial charge < -0.3 is 15.7 Å². The minimum Gasteiger partial charge on any atom is -0.386 e. The van der Waals surface area contributed by atoms with Gasteiger partial charge in [0.05, 0.1) is 10.9 Å². The summed E-state index contributed by atoms with van der Waals surface area (Å²) >= 11 is 7.26. The number of rotatable bonds is 8. The summed E-state index contributed by atoms with van der Waals surface area (Å²) in [4.78, 5) is 5.27. The fourth-order valence-electron chi connectivity index (χ4n) is 1.83. The van der Waals surface area contributed by atoms with Gasteiger partial charge in [-0.15, -0.1) is 35.3 Å². The summed E-state index contributed by atoms with van der Waals surface area (Å²) in [5.74, 6) is 1.47. The highest BCUT2D eigenvalue weighted by Crippen LogP contribution is 2.26. The summed E-state index contributed by atoms with van der Waals surface area (Å²) in [5, 5.41) is 16.6. The van der Waals surface area contributed by atoms with E-state index in [1.807, 2.05) is 13.0 Å². The lowest BCUT2D eigenvalue weighted by Crippen LogP contribution is -2.38. The van der Waals surface area contributed by atoms with Gasteiger partial charge in [-0.1, -0.05) is 25.4 Å². The van der Waals surface area contributed by atoms with Gasteiger partial charge in [0, 0.05) is 18.0 Å². The molecule has 0 bridgehead atoms. The van der Waals surface area contributed by atoms with E-state index in [0.29, 0.717) is 10.9 Å². The largest absolute Gasteiger partial charge is 0.386 e. The lowest BCUT2D eigenvalue weighted by molar-refractivity contribution is 0.191. The van der Waals surface area contributed by atoms with Gasteiger partial charge in [0.25, 0.3) is 0 Å². The van der Waals surface area contributed by atoms with E-state index in [0.717, 1.165) is 36.3 Å². The third-order valence-corrected chi connectivity index (χ3v) is 4.27. The Morgan fingerprint density at radius 3 is 2.64 bits per heavy atom. The maximum atomic E-state index is 10.1. The molecule has 1 rings (SSSR count). The molecule has 0 saturated carbocycles. The maximum absolute atomic E-state index is 10.1. The second kappa shape index (κ2) is 12.4. The second-order valence-electron chi connectivity index (χ2n) is 5.34. The van der Waals surface area contributed by atoms with Crippen molar-refractivity contribution in [3.63, 3.8) is 0 Å². The van der Waals surface area contributed by atoms with Crippen LogP contribution in [0.15, 0.2) is 17.1 Å². The number of halogens is 2. The lowest BCUT2D eigenvalue weighted by Gasteiger charge is -2.13. The highest BCUT2D eigenvalue weighted by Gasteiger charge is 2.10. The fraction of sp³-hybridized carbons (Fsp3) is 0.667. The van der Waals surface area contributed by atoms with E-state index in [4.69, 9.17) is 11.6 Å². The third-order valence-electron chi connectivity index (χ3n) is 2.94. The van der Waals surface area contributed by atoms with Crippen LogP contribution >= 0.6 is 46.9 Å². The van der Waals surface area contributed by atoms with Gasteiger partial charge in [0.1, 0.15) is 6.10 Å². The van der Waals surface area contributed by atoms with E-state index in [1.165, 1.54) is 17.8 Å². The first-order valence-electron chi connectivity index (χ1n) is 7.48. The molecule has 1 unspecified atom stereocenters. The van der Waals surface area contributed by atoms with Crippen LogP contribution in [0.1, 0.15) is 44.6 Å². The fourth-order valence-corrected chi connectivity index (χ4v) is 2.87. The number of hydrogen-bond donors (Lipinski definition) is 3. The summed E-state index contributed by atoms with van der Waals surface area (Å²) < 4.78 is 0.687. The minimum absolute atomic E-state index is 0. The van der Waals surface area contributed by atoms with E-state index in [1.54, 1.807) is 6.07 Å². The van der Waals surface area contributed by atoms with Crippen molar-refractivity contribution < 1.29 is 5.11 Å². The van der Waals surface area contributed by atoms with Crippen LogP contribution in [0.5, 0.6) is 0 Å². The summed E-state index contributed by atoms with van der Waals surface area (Å²) in [7, 11) is 0. The van der Waals surface area contributed by atoms with Crippen molar-refractivity contribution in [3.8, 4) is 0 Å². The number of hydrogen-bond acceptors (Lipinski definition) is 3. The van der Waals surface area contributed by atoms with Crippen molar-refractivity contribution in [1.29, 1.82) is 0 Å². The van der Waals surface area contributed by atoms with E-state index in [9.17, 15) is 5.11 Å². The van der Waals surface area contributed by atoms with E-state index < -0.39 is 6.10 Å². The topological polar surface area (TPSA) is 56.7 Å². The predicted molar refractivity (Wildman–Crippen MR) is 108 cm³/mol. The summed E-state index contributed by atoms with van der Waals surface area (Å²) in [6.07, 6.45) is 1.71. The Balaban J connectivity index is 0.00000441. The Labute approximate surface area is 159 Å². The maximum Gasteiger partial charge on any atom is 0.191 e. The molecule has 3 N–H and O–H groups in total. The van der Waals surface area contributed by atoms with Gasteiger partial charge >= 0.3 is 0 Å². The zero-order valence-electron chi connectivity index (χ0n) is 13.4. The molecule has 22 heavy (non-hydrogen) atoms. The van der Waals surface area contributed by atoms with Crippen molar-refractivity contribution >= 4 is 52.9 Å². The molecular weight excluding hydrogens is 433 g/mol. The first-order chi connectivity index (χ1) is 10.0. The molecule has 7 heteroatoms. The van der Waals surface area contributed by atoms with Gasteiger partial charge in [0.2, 0.25) is 0 Å². The van der Waals surface area contributed by atoms with Crippen LogP contribution in [-0.2, 0) is 0 Å². The van der Waals surface area contributed by atoms with Crippen molar-refractivity contribution in [2.24, 2.45) is 10.9 Å². The Morgan fingerprint density at radius 1 is 1.36 bits per heavy atom. The van der Waals surface area contributed by atoms with Crippen molar-refractivity contribution in [2.45, 2.75) is 39.7 Å². The van der Waals surface area contributed by atoms with E-state index in [-0.39, 0.29) is 24.0 Å². The number of aliphatic hydroxyl groups is 1. The number of thiophene rings is 1. The SMILES string of the molecule is CCNC(=NCC(O)c1ccc(Cl)s1)NCCCC(C)C.I. The lowest BCUT2D eigenvalue weighted by atomic mass is 10.1. The molecule has 128 valence electrons. The summed E-state index contributed by atoms with van der Waals surface area (Å²) in [5.41, 5.74) is 0. The first kappa shape index (κ1) is 21.9. The van der Waals surface area contributed by atoms with Crippen LogP contribution in [-0.4, -0.2) is 30.7 Å². The van der Waals surface area contributed by atoms with E-state index >= 15 is 0 Å². The molecular formula is C15H27ClIN3OS. The molecule has 0 aliphatic heterocycles. The molecule has 1 aromatic heterocycles. The zero-order valence-corrected chi connectivity index (χ0v) is 17.3. The van der Waals surface area contributed by atoms with Crippen LogP contribution in [0.25, 0.3) is 0 Å². The molecule has 0 spiro atoms. The van der Waals surface area contributed by atoms with Crippen molar-refractivity contribution in [1.82, 2.24) is 10.6 Å². The highest BCUT2D eigenvalue weighted by atomic mass is 127. The number of aliphatic hydroxyl groups excluding tert-OH is 1. The molecule has 0 aliphatic carbocycles. The number of nitrogens with zero attached hydrogens (tertiary/aromatic N) is 1. The van der Waals surface area contributed by atoms with Crippen LogP contribution < -0.4 is 10.6 Å². The average molecular weight is 460 g/mol. The predicted octanol–water partition coefficient (Wildman–Crippen LogP) is 4.04. The molecule has 0 fully saturated rings. The third kappa shape index (κ3) is 9.17. The standard InChI is InChI=1S/C15H26ClN3OS.HI/c1-4-17-15(18-9-5-6-11(2)3)19-10-12(20)13-7-8-14(16)21-13;/h7-8,11-12,20H,4-6,9-10H2,1-3H3,(H2,17,18,19);1H. The van der Waals surface area contributed by atoms with Gasteiger partial charge in [0.15, 0.2) is 5.96 Å². The van der Waals surface area contributed by atoms with Crippen LogP contribution in [0.2, 0.25) is 4.34 Å². The second-order valence-corrected chi connectivity index (χ2v) is 7.09. The number of aliphatic imine (C=N–C) groups is 1. The highest BCUT2D eigenvalue weighted by molar-refractivity contribution is 14.0. The molecule has 1 atom stereocenters. The molecule has 0 aromatic carbocycles. The monoisotopic (exact) mass is 459 g/mol. The Bertz CT molecular complexity index is 440. The summed E-state index contributed by atoms with van der Waals surface area (Å²) in [6, 6.07) is 3.64. The normalized spacial score (nSPS) is 12.9. The number of nitrogens with one attached hydrogen (secondary N) is 2. The van der Waals surface area contributed by atoms with Crippen molar-refractivity contribution in [2.75, 3.05) is 19.6 Å². The van der Waals surface area contributed by atoms with E-state index in [2.05, 4.69) is 29.5 Å². The first-order valence-corrected chi connectivity index (χ1v) is 8.67. The zero-order chi connectivity index (χ0) is 15.7. The Hall–Kier alpha value is -0.0500. The van der Waals surface area contributed by atoms with Crippen molar-refractivity contribution in [3.05, 3.63) is 21.3 Å². The Kier molecular flexibility index (Phi) is 12.4. The molecule has 1 heterocycles. The van der Waals surface area contributed by atoms with Gasteiger partial charge in [-0.25, -0.2) is 0 Å². The minimum atomic E-state index is -0.603. The Morgan fingerprint density at radius 2 is 2.09 bits per heavy atom. The van der Waals surface area contributed by atoms with Gasteiger partial charge in [-0.2, -0.15) is 0 Å². The van der Waals surface area contributed by atoms with Gasteiger partial charge in [-0.3, -0.25) is 4.99 Å². The van der Waals surface area contributed by atoms with Crippen LogP contribution in [0.3, 0.4) is 0 Å². The average Bonchev–Trinajstić information content (AvgIpc) is 2.86. The molecule has 0 saturated heterocycles. The molecule has 1 aromatic rings. The quantitative estimate of drug-likeness (QED) is 0.238. The number of guanidine groups is 1. The smallest absolute Gasteiger partial charge is 0.191 e. The summed E-state index contributed by atoms with van der Waals surface area (Å²) in [6.45, 7) is 8.50.